The molecule has 0 bridgehead atoms. The molecule has 1 heterocycles. The van der Waals surface area contributed by atoms with E-state index in [1.54, 1.807) is 0 Å². The highest BCUT2D eigenvalue weighted by atomic mass is 35.5. The van der Waals surface area contributed by atoms with Crippen molar-refractivity contribution < 1.29 is 0 Å². The van der Waals surface area contributed by atoms with Crippen LogP contribution in [0.5, 0.6) is 0 Å². The monoisotopic (exact) mass is 212 g/mol. The number of anilines is 1. The molecule has 0 saturated carbocycles. The highest BCUT2D eigenvalue weighted by molar-refractivity contribution is 6.29. The molecule has 1 atom stereocenters. The van der Waals surface area contributed by atoms with Gasteiger partial charge in [-0.1, -0.05) is 31.9 Å². The fourth-order valence-electron chi connectivity index (χ4n) is 1.15. The van der Waals surface area contributed by atoms with Crippen molar-refractivity contribution in [2.45, 2.75) is 27.2 Å². The van der Waals surface area contributed by atoms with E-state index in [1.807, 2.05) is 19.1 Å². The zero-order valence-electron chi connectivity index (χ0n) is 8.97. The molecular weight excluding hydrogens is 196 g/mol. The Bertz CT molecular complexity index is 299. The summed E-state index contributed by atoms with van der Waals surface area (Å²) in [6.45, 7) is 7.37. The molecule has 0 fully saturated rings. The van der Waals surface area contributed by atoms with Crippen LogP contribution in [0.2, 0.25) is 5.15 Å². The van der Waals surface area contributed by atoms with E-state index < -0.39 is 0 Å². The molecule has 0 spiro atoms. The summed E-state index contributed by atoms with van der Waals surface area (Å²) in [6.07, 6.45) is 1.19. The lowest BCUT2D eigenvalue weighted by Crippen LogP contribution is -2.11. The van der Waals surface area contributed by atoms with Gasteiger partial charge in [-0.05, 0) is 25.0 Å². The molecule has 0 aliphatic heterocycles. The zero-order chi connectivity index (χ0) is 10.6. The Hall–Kier alpha value is -0.760. The van der Waals surface area contributed by atoms with Crippen LogP contribution in [0.25, 0.3) is 0 Å². The van der Waals surface area contributed by atoms with Crippen molar-refractivity contribution in [3.05, 3.63) is 23.0 Å². The number of pyridine rings is 1. The minimum atomic E-state index is 0.552. The molecule has 0 aromatic carbocycles. The number of nitrogens with one attached hydrogen (secondary N) is 1. The second kappa shape index (κ2) is 5.20. The molecule has 2 nitrogen and oxygen atoms in total. The number of hydrogen-bond acceptors (Lipinski definition) is 2. The van der Waals surface area contributed by atoms with E-state index in [2.05, 4.69) is 24.1 Å². The summed E-state index contributed by atoms with van der Waals surface area (Å²) < 4.78 is 0. The maximum Gasteiger partial charge on any atom is 0.129 e. The summed E-state index contributed by atoms with van der Waals surface area (Å²) in [5.74, 6) is 0.685. The molecule has 0 radical (unpaired) electrons. The first kappa shape index (κ1) is 11.3. The SMILES string of the molecule is CCC(C)CNc1ccc(Cl)nc1C. The molecular formula is C11H17ClN2. The fourth-order valence-corrected chi connectivity index (χ4v) is 1.34. The van der Waals surface area contributed by atoms with Crippen molar-refractivity contribution >= 4 is 17.3 Å². The van der Waals surface area contributed by atoms with Crippen molar-refractivity contribution in [3.63, 3.8) is 0 Å². The fraction of sp³-hybridized carbons (Fsp3) is 0.545. The molecule has 0 saturated heterocycles. The van der Waals surface area contributed by atoms with Crippen LogP contribution in [-0.2, 0) is 0 Å². The molecule has 1 aromatic heterocycles. The van der Waals surface area contributed by atoms with E-state index in [1.165, 1.54) is 6.42 Å². The summed E-state index contributed by atoms with van der Waals surface area (Å²) in [5.41, 5.74) is 2.04. The summed E-state index contributed by atoms with van der Waals surface area (Å²) in [4.78, 5) is 4.18. The minimum absolute atomic E-state index is 0.552. The van der Waals surface area contributed by atoms with Gasteiger partial charge >= 0.3 is 0 Å². The molecule has 14 heavy (non-hydrogen) atoms. The quantitative estimate of drug-likeness (QED) is 0.773. The van der Waals surface area contributed by atoms with Gasteiger partial charge in [0.05, 0.1) is 11.4 Å². The second-order valence-corrected chi connectivity index (χ2v) is 4.05. The van der Waals surface area contributed by atoms with Crippen molar-refractivity contribution in [1.82, 2.24) is 4.98 Å². The van der Waals surface area contributed by atoms with E-state index >= 15 is 0 Å². The summed E-state index contributed by atoms with van der Waals surface area (Å²) >= 11 is 5.77. The van der Waals surface area contributed by atoms with E-state index in [-0.39, 0.29) is 0 Å². The minimum Gasteiger partial charge on any atom is -0.383 e. The molecule has 0 aliphatic carbocycles. The molecule has 1 rings (SSSR count). The molecule has 78 valence electrons. The van der Waals surface area contributed by atoms with Crippen LogP contribution in [0, 0.1) is 12.8 Å². The standard InChI is InChI=1S/C11H17ClN2/c1-4-8(2)7-13-10-5-6-11(12)14-9(10)3/h5-6,8,13H,4,7H2,1-3H3. The van der Waals surface area contributed by atoms with Crippen LogP contribution in [0.1, 0.15) is 26.0 Å². The average molecular weight is 213 g/mol. The predicted octanol–water partition coefficient (Wildman–Crippen LogP) is 3.50. The van der Waals surface area contributed by atoms with Gasteiger partial charge in [0, 0.05) is 6.54 Å². The molecule has 1 N–H and O–H groups in total. The van der Waals surface area contributed by atoms with Crippen LogP contribution < -0.4 is 5.32 Å². The van der Waals surface area contributed by atoms with Crippen molar-refractivity contribution in [2.75, 3.05) is 11.9 Å². The van der Waals surface area contributed by atoms with Crippen molar-refractivity contribution in [3.8, 4) is 0 Å². The molecule has 0 aliphatic rings. The predicted molar refractivity (Wildman–Crippen MR) is 61.9 cm³/mol. The van der Waals surface area contributed by atoms with Crippen LogP contribution in [0.4, 0.5) is 5.69 Å². The average Bonchev–Trinajstić information content (AvgIpc) is 2.16. The Morgan fingerprint density at radius 2 is 2.21 bits per heavy atom. The maximum absolute atomic E-state index is 5.77. The van der Waals surface area contributed by atoms with Gasteiger partial charge in [-0.2, -0.15) is 0 Å². The number of hydrogen-bond donors (Lipinski definition) is 1. The van der Waals surface area contributed by atoms with E-state index in [0.29, 0.717) is 11.1 Å². The zero-order valence-corrected chi connectivity index (χ0v) is 9.73. The van der Waals surface area contributed by atoms with Gasteiger partial charge in [0.15, 0.2) is 0 Å². The largest absolute Gasteiger partial charge is 0.383 e. The summed E-state index contributed by atoms with van der Waals surface area (Å²) in [7, 11) is 0. The Labute approximate surface area is 90.7 Å². The smallest absolute Gasteiger partial charge is 0.129 e. The first-order valence-electron chi connectivity index (χ1n) is 5.00. The van der Waals surface area contributed by atoms with Crippen molar-refractivity contribution in [2.24, 2.45) is 5.92 Å². The third-order valence-corrected chi connectivity index (χ3v) is 2.60. The first-order chi connectivity index (χ1) is 6.63. The number of rotatable bonds is 4. The van der Waals surface area contributed by atoms with E-state index in [9.17, 15) is 0 Å². The molecule has 0 amide bonds. The summed E-state index contributed by atoms with van der Waals surface area (Å²) in [5, 5.41) is 3.92. The number of aryl methyl sites for hydroxylation is 1. The van der Waals surface area contributed by atoms with E-state index in [0.717, 1.165) is 17.9 Å². The lowest BCUT2D eigenvalue weighted by atomic mass is 10.1. The second-order valence-electron chi connectivity index (χ2n) is 3.66. The maximum atomic E-state index is 5.77. The van der Waals surface area contributed by atoms with Crippen LogP contribution in [0.3, 0.4) is 0 Å². The number of aromatic nitrogens is 1. The van der Waals surface area contributed by atoms with Gasteiger partial charge in [0.2, 0.25) is 0 Å². The van der Waals surface area contributed by atoms with Gasteiger partial charge in [0.25, 0.3) is 0 Å². The van der Waals surface area contributed by atoms with Gasteiger partial charge in [-0.15, -0.1) is 0 Å². The highest BCUT2D eigenvalue weighted by Gasteiger charge is 2.02. The summed E-state index contributed by atoms with van der Waals surface area (Å²) in [6, 6.07) is 3.79. The lowest BCUT2D eigenvalue weighted by molar-refractivity contribution is 0.593. The Morgan fingerprint density at radius 1 is 1.50 bits per heavy atom. The molecule has 1 unspecified atom stereocenters. The topological polar surface area (TPSA) is 24.9 Å². The van der Waals surface area contributed by atoms with Crippen LogP contribution >= 0.6 is 11.6 Å². The number of nitrogens with zero attached hydrogens (tertiary/aromatic N) is 1. The number of halogens is 1. The Morgan fingerprint density at radius 3 is 2.79 bits per heavy atom. The first-order valence-corrected chi connectivity index (χ1v) is 5.38. The lowest BCUT2D eigenvalue weighted by Gasteiger charge is -2.12. The van der Waals surface area contributed by atoms with Crippen LogP contribution in [0.15, 0.2) is 12.1 Å². The van der Waals surface area contributed by atoms with E-state index in [4.69, 9.17) is 11.6 Å². The normalized spacial score (nSPS) is 12.6. The third kappa shape index (κ3) is 3.18. The van der Waals surface area contributed by atoms with Gasteiger partial charge in [-0.25, -0.2) is 4.98 Å². The molecule has 3 heteroatoms. The Kier molecular flexibility index (Phi) is 4.21. The third-order valence-electron chi connectivity index (χ3n) is 2.39. The van der Waals surface area contributed by atoms with Gasteiger partial charge in [-0.3, -0.25) is 0 Å². The van der Waals surface area contributed by atoms with Gasteiger partial charge in [0.1, 0.15) is 5.15 Å². The highest BCUT2D eigenvalue weighted by Crippen LogP contribution is 2.16. The molecule has 1 aromatic rings. The van der Waals surface area contributed by atoms with Crippen LogP contribution in [-0.4, -0.2) is 11.5 Å². The Balaban J connectivity index is 2.59. The van der Waals surface area contributed by atoms with Crippen molar-refractivity contribution in [1.29, 1.82) is 0 Å². The van der Waals surface area contributed by atoms with Gasteiger partial charge < -0.3 is 5.32 Å².